The fraction of sp³-hybridized carbons (Fsp3) is 0.227. The topological polar surface area (TPSA) is 93.5 Å². The van der Waals surface area contributed by atoms with Gasteiger partial charge in [-0.05, 0) is 35.4 Å². The van der Waals surface area contributed by atoms with E-state index in [0.29, 0.717) is 33.6 Å². The number of carbonyl (C=O) groups is 1. The number of aromatic nitrogens is 2. The number of aromatic hydroxyl groups is 1. The van der Waals surface area contributed by atoms with Crippen LogP contribution in [0.4, 0.5) is 10.2 Å². The quantitative estimate of drug-likeness (QED) is 0.466. The number of methoxy groups -OCH3 is 1. The van der Waals surface area contributed by atoms with Crippen LogP contribution in [0, 0.1) is 5.82 Å². The third kappa shape index (κ3) is 4.13. The number of phenols is 1. The summed E-state index contributed by atoms with van der Waals surface area (Å²) in [6, 6.07) is 10.9. The van der Waals surface area contributed by atoms with E-state index in [0.717, 1.165) is 5.56 Å². The van der Waals surface area contributed by atoms with Gasteiger partial charge in [-0.15, -0.1) is 0 Å². The molecule has 31 heavy (non-hydrogen) atoms. The maximum absolute atomic E-state index is 13.1. The predicted octanol–water partition coefficient (Wildman–Crippen LogP) is 3.40. The summed E-state index contributed by atoms with van der Waals surface area (Å²) >= 11 is 1.32. The molecule has 2 aromatic carbocycles. The molecule has 0 saturated heterocycles. The van der Waals surface area contributed by atoms with Gasteiger partial charge in [0.05, 0.1) is 12.7 Å². The minimum absolute atomic E-state index is 0.0659. The van der Waals surface area contributed by atoms with Crippen molar-refractivity contribution in [1.82, 2.24) is 9.55 Å². The Balaban J connectivity index is 1.70. The Bertz CT molecular complexity index is 1210. The molecule has 4 rings (SSSR count). The molecular weight excluding hydrogens is 421 g/mol. The van der Waals surface area contributed by atoms with E-state index in [4.69, 9.17) is 4.74 Å². The highest BCUT2D eigenvalue weighted by molar-refractivity contribution is 7.98. The molecule has 7 nitrogen and oxygen atoms in total. The van der Waals surface area contributed by atoms with Crippen molar-refractivity contribution >= 4 is 23.5 Å². The van der Waals surface area contributed by atoms with Crippen molar-refractivity contribution < 1.29 is 19.0 Å². The number of ether oxygens (including phenoxy) is 1. The van der Waals surface area contributed by atoms with Gasteiger partial charge >= 0.3 is 0 Å². The first-order valence-electron chi connectivity index (χ1n) is 9.52. The van der Waals surface area contributed by atoms with Gasteiger partial charge in [0.15, 0.2) is 16.7 Å². The molecule has 0 aliphatic carbocycles. The van der Waals surface area contributed by atoms with Crippen LogP contribution < -0.4 is 15.6 Å². The number of fused-ring (bicyclic) bond motifs is 1. The lowest BCUT2D eigenvalue weighted by molar-refractivity contribution is -0.116. The largest absolute Gasteiger partial charge is 0.504 e. The molecule has 1 amide bonds. The maximum Gasteiger partial charge on any atom is 0.279 e. The minimum Gasteiger partial charge on any atom is -0.504 e. The Kier molecular flexibility index (Phi) is 5.69. The second-order valence-corrected chi connectivity index (χ2v) is 8.11. The van der Waals surface area contributed by atoms with Gasteiger partial charge in [-0.1, -0.05) is 30.0 Å². The standard InChI is InChI=1S/C22H20FN3O4S/c1-26-20-19(21(29)25-22(26)31-11-12-3-6-14(23)7-4-12)15(10-18(28)24-20)13-5-8-17(30-2)16(27)9-13/h3-9,15,27H,10-11H2,1-2H3,(H,24,28). The number of thioether (sulfide) groups is 1. The van der Waals surface area contributed by atoms with Crippen molar-refractivity contribution in [2.24, 2.45) is 7.05 Å². The van der Waals surface area contributed by atoms with Crippen LogP contribution in [0.5, 0.6) is 11.5 Å². The molecule has 2 heterocycles. The molecule has 1 aromatic heterocycles. The molecule has 1 unspecified atom stereocenters. The summed E-state index contributed by atoms with van der Waals surface area (Å²) in [5.41, 5.74) is 1.45. The van der Waals surface area contributed by atoms with E-state index in [1.807, 2.05) is 0 Å². The van der Waals surface area contributed by atoms with Gasteiger partial charge < -0.3 is 19.7 Å². The summed E-state index contributed by atoms with van der Waals surface area (Å²) < 4.78 is 19.9. The Morgan fingerprint density at radius 3 is 2.68 bits per heavy atom. The second kappa shape index (κ2) is 8.43. The van der Waals surface area contributed by atoms with Crippen molar-refractivity contribution in [3.05, 3.63) is 75.3 Å². The van der Waals surface area contributed by atoms with Crippen LogP contribution in [0.1, 0.15) is 29.0 Å². The number of benzene rings is 2. The molecule has 0 saturated carbocycles. The SMILES string of the molecule is COc1ccc(C2CC(=O)Nc3c2c(=O)nc(SCc2ccc(F)cc2)n3C)cc1O. The number of hydrogen-bond acceptors (Lipinski definition) is 6. The summed E-state index contributed by atoms with van der Waals surface area (Å²) in [5, 5.41) is 13.4. The summed E-state index contributed by atoms with van der Waals surface area (Å²) in [6.07, 6.45) is 0.0672. The normalized spacial score (nSPS) is 15.3. The van der Waals surface area contributed by atoms with E-state index in [2.05, 4.69) is 10.3 Å². The van der Waals surface area contributed by atoms with Gasteiger partial charge in [-0.2, -0.15) is 4.98 Å². The average molecular weight is 441 g/mol. The van der Waals surface area contributed by atoms with E-state index in [9.17, 15) is 19.1 Å². The number of halogens is 1. The molecule has 9 heteroatoms. The lowest BCUT2D eigenvalue weighted by Crippen LogP contribution is -2.33. The maximum atomic E-state index is 13.1. The van der Waals surface area contributed by atoms with E-state index in [1.165, 1.54) is 37.1 Å². The fourth-order valence-electron chi connectivity index (χ4n) is 3.60. The van der Waals surface area contributed by atoms with E-state index in [-0.39, 0.29) is 23.9 Å². The fourth-order valence-corrected chi connectivity index (χ4v) is 4.52. The molecule has 0 fully saturated rings. The van der Waals surface area contributed by atoms with Crippen LogP contribution >= 0.6 is 11.8 Å². The Morgan fingerprint density at radius 1 is 1.26 bits per heavy atom. The van der Waals surface area contributed by atoms with Crippen LogP contribution in [0.2, 0.25) is 0 Å². The lowest BCUT2D eigenvalue weighted by atomic mass is 9.86. The second-order valence-electron chi connectivity index (χ2n) is 7.17. The number of amides is 1. The molecular formula is C22H20FN3O4S. The first-order chi connectivity index (χ1) is 14.9. The number of nitrogens with zero attached hydrogens (tertiary/aromatic N) is 2. The summed E-state index contributed by atoms with van der Waals surface area (Å²) in [7, 11) is 3.18. The van der Waals surface area contributed by atoms with Gasteiger partial charge in [0.1, 0.15) is 11.6 Å². The van der Waals surface area contributed by atoms with E-state index >= 15 is 0 Å². The first kappa shape index (κ1) is 20.9. The van der Waals surface area contributed by atoms with Crippen molar-refractivity contribution in [2.45, 2.75) is 23.2 Å². The smallest absolute Gasteiger partial charge is 0.279 e. The summed E-state index contributed by atoms with van der Waals surface area (Å²) in [4.78, 5) is 29.6. The van der Waals surface area contributed by atoms with Crippen molar-refractivity contribution in [3.8, 4) is 11.5 Å². The number of phenolic OH excluding ortho intramolecular Hbond substituents is 1. The molecule has 0 radical (unpaired) electrons. The van der Waals surface area contributed by atoms with Crippen molar-refractivity contribution in [3.63, 3.8) is 0 Å². The van der Waals surface area contributed by atoms with Gasteiger partial charge in [-0.25, -0.2) is 4.39 Å². The zero-order chi connectivity index (χ0) is 22.1. The molecule has 1 aliphatic rings. The van der Waals surface area contributed by atoms with E-state index < -0.39 is 11.5 Å². The first-order valence-corrected chi connectivity index (χ1v) is 10.5. The zero-order valence-corrected chi connectivity index (χ0v) is 17.7. The average Bonchev–Trinajstić information content (AvgIpc) is 2.75. The van der Waals surface area contributed by atoms with Crippen molar-refractivity contribution in [2.75, 3.05) is 12.4 Å². The molecule has 2 N–H and O–H groups in total. The monoisotopic (exact) mass is 441 g/mol. The third-order valence-corrected chi connectivity index (χ3v) is 6.29. The third-order valence-electron chi connectivity index (χ3n) is 5.19. The molecule has 1 atom stereocenters. The van der Waals surface area contributed by atoms with Gasteiger partial charge in [0.2, 0.25) is 5.91 Å². The van der Waals surface area contributed by atoms with E-state index in [1.54, 1.807) is 35.9 Å². The number of carbonyl (C=O) groups excluding carboxylic acids is 1. The Labute approximate surface area is 181 Å². The number of rotatable bonds is 5. The van der Waals surface area contributed by atoms with Crippen LogP contribution in [0.3, 0.4) is 0 Å². The van der Waals surface area contributed by atoms with Crippen LogP contribution in [-0.4, -0.2) is 27.7 Å². The predicted molar refractivity (Wildman–Crippen MR) is 115 cm³/mol. The molecule has 1 aliphatic heterocycles. The number of anilines is 1. The highest BCUT2D eigenvalue weighted by Crippen LogP contribution is 2.38. The van der Waals surface area contributed by atoms with Crippen LogP contribution in [-0.2, 0) is 17.6 Å². The van der Waals surface area contributed by atoms with Gasteiger partial charge in [-0.3, -0.25) is 9.59 Å². The molecule has 160 valence electrons. The number of nitrogens with one attached hydrogen (secondary N) is 1. The van der Waals surface area contributed by atoms with Gasteiger partial charge in [0, 0.05) is 25.1 Å². The zero-order valence-electron chi connectivity index (χ0n) is 16.9. The van der Waals surface area contributed by atoms with Gasteiger partial charge in [0.25, 0.3) is 5.56 Å². The van der Waals surface area contributed by atoms with Crippen molar-refractivity contribution in [1.29, 1.82) is 0 Å². The Morgan fingerprint density at radius 2 is 2.00 bits per heavy atom. The minimum atomic E-state index is -0.539. The molecule has 0 bridgehead atoms. The van der Waals surface area contributed by atoms with Crippen LogP contribution in [0.15, 0.2) is 52.4 Å². The summed E-state index contributed by atoms with van der Waals surface area (Å²) in [6.45, 7) is 0. The highest BCUT2D eigenvalue weighted by atomic mass is 32.2. The molecule has 3 aromatic rings. The number of hydrogen-bond donors (Lipinski definition) is 2. The highest BCUT2D eigenvalue weighted by Gasteiger charge is 2.32. The summed E-state index contributed by atoms with van der Waals surface area (Å²) in [5.74, 6) is 0.0332. The molecule has 0 spiro atoms. The van der Waals surface area contributed by atoms with Crippen LogP contribution in [0.25, 0.3) is 0 Å². The lowest BCUT2D eigenvalue weighted by Gasteiger charge is -2.27. The Hall–Kier alpha value is -3.33.